The van der Waals surface area contributed by atoms with Gasteiger partial charge in [-0.3, -0.25) is 9.59 Å². The summed E-state index contributed by atoms with van der Waals surface area (Å²) in [5.74, 6) is -3.45. The minimum atomic E-state index is -1.59. The van der Waals surface area contributed by atoms with Crippen molar-refractivity contribution < 1.29 is 29.0 Å². The highest BCUT2D eigenvalue weighted by Crippen LogP contribution is 2.18. The van der Waals surface area contributed by atoms with Gasteiger partial charge in [0.1, 0.15) is 0 Å². The SMILES string of the molecule is CC(=O)c1ccc(Cc2ccoc2C(=O)C=C(O)C(=O)O)cc1. The molecule has 2 N–H and O–H groups in total. The molecule has 23 heavy (non-hydrogen) atoms. The Balaban J connectivity index is 2.21. The maximum Gasteiger partial charge on any atom is 0.371 e. The average Bonchev–Trinajstić information content (AvgIpc) is 2.95. The number of carboxylic acids is 1. The molecule has 6 heteroatoms. The van der Waals surface area contributed by atoms with E-state index >= 15 is 0 Å². The molecule has 0 spiro atoms. The molecule has 0 radical (unpaired) electrons. The highest BCUT2D eigenvalue weighted by Gasteiger charge is 2.16. The summed E-state index contributed by atoms with van der Waals surface area (Å²) in [6, 6.07) is 8.51. The van der Waals surface area contributed by atoms with Crippen molar-refractivity contribution in [2.75, 3.05) is 0 Å². The van der Waals surface area contributed by atoms with Crippen LogP contribution in [-0.4, -0.2) is 27.7 Å². The fraction of sp³-hybridized carbons (Fsp3) is 0.118. The minimum Gasteiger partial charge on any atom is -0.502 e. The number of rotatable bonds is 6. The van der Waals surface area contributed by atoms with E-state index in [0.29, 0.717) is 23.6 Å². The number of hydrogen-bond acceptors (Lipinski definition) is 5. The Morgan fingerprint density at radius 3 is 2.30 bits per heavy atom. The Kier molecular flexibility index (Phi) is 4.75. The van der Waals surface area contributed by atoms with Crippen LogP contribution in [-0.2, 0) is 11.2 Å². The van der Waals surface area contributed by atoms with Crippen LogP contribution in [0.3, 0.4) is 0 Å². The van der Waals surface area contributed by atoms with Crippen LogP contribution in [0.5, 0.6) is 0 Å². The predicted octanol–water partition coefficient (Wildman–Crippen LogP) is 2.78. The lowest BCUT2D eigenvalue weighted by Crippen LogP contribution is -2.05. The number of aliphatic hydroxyl groups is 1. The van der Waals surface area contributed by atoms with E-state index in [9.17, 15) is 14.4 Å². The molecule has 0 amide bonds. The smallest absolute Gasteiger partial charge is 0.371 e. The van der Waals surface area contributed by atoms with Gasteiger partial charge in [0.2, 0.25) is 11.5 Å². The Morgan fingerprint density at radius 2 is 1.74 bits per heavy atom. The van der Waals surface area contributed by atoms with Crippen LogP contribution in [0.4, 0.5) is 0 Å². The van der Waals surface area contributed by atoms with E-state index < -0.39 is 17.5 Å². The Morgan fingerprint density at radius 1 is 1.09 bits per heavy atom. The third-order valence-corrected chi connectivity index (χ3v) is 3.21. The lowest BCUT2D eigenvalue weighted by molar-refractivity contribution is -0.135. The first-order chi connectivity index (χ1) is 10.9. The first-order valence-electron chi connectivity index (χ1n) is 6.73. The molecule has 2 aromatic rings. The number of ketones is 2. The van der Waals surface area contributed by atoms with Crippen LogP contribution in [0.25, 0.3) is 0 Å². The van der Waals surface area contributed by atoms with Crippen molar-refractivity contribution in [1.82, 2.24) is 0 Å². The van der Waals surface area contributed by atoms with Gasteiger partial charge < -0.3 is 14.6 Å². The molecule has 118 valence electrons. The van der Waals surface area contributed by atoms with Gasteiger partial charge in [-0.25, -0.2) is 4.79 Å². The molecule has 0 aliphatic rings. The van der Waals surface area contributed by atoms with Gasteiger partial charge in [-0.05, 0) is 18.6 Å². The molecule has 0 fully saturated rings. The third-order valence-electron chi connectivity index (χ3n) is 3.21. The fourth-order valence-electron chi connectivity index (χ4n) is 2.02. The van der Waals surface area contributed by atoms with E-state index in [1.54, 1.807) is 30.3 Å². The van der Waals surface area contributed by atoms with Crippen molar-refractivity contribution in [3.05, 3.63) is 70.9 Å². The van der Waals surface area contributed by atoms with Crippen LogP contribution in [0.15, 0.2) is 52.8 Å². The molecule has 0 saturated carbocycles. The Labute approximate surface area is 131 Å². The van der Waals surface area contributed by atoms with Crippen LogP contribution < -0.4 is 0 Å². The topological polar surface area (TPSA) is 105 Å². The van der Waals surface area contributed by atoms with E-state index in [1.165, 1.54) is 13.2 Å². The summed E-state index contributed by atoms with van der Waals surface area (Å²) < 4.78 is 5.09. The molecule has 1 aromatic carbocycles. The van der Waals surface area contributed by atoms with E-state index in [4.69, 9.17) is 14.6 Å². The number of aliphatic hydroxyl groups excluding tert-OH is 1. The van der Waals surface area contributed by atoms with Crippen LogP contribution >= 0.6 is 0 Å². The van der Waals surface area contributed by atoms with Crippen LogP contribution in [0.1, 0.15) is 39.0 Å². The average molecular weight is 314 g/mol. The zero-order valence-electron chi connectivity index (χ0n) is 12.3. The number of carbonyl (C=O) groups is 3. The number of furan rings is 1. The number of aliphatic carboxylic acids is 1. The normalized spacial score (nSPS) is 11.3. The summed E-state index contributed by atoms with van der Waals surface area (Å²) in [6.07, 6.45) is 2.29. The highest BCUT2D eigenvalue weighted by molar-refractivity contribution is 6.06. The lowest BCUT2D eigenvalue weighted by atomic mass is 10.0. The minimum absolute atomic E-state index is 0.0338. The molecular formula is C17H14O6. The zero-order chi connectivity index (χ0) is 17.0. The molecule has 1 aromatic heterocycles. The van der Waals surface area contributed by atoms with Gasteiger partial charge in [0, 0.05) is 23.6 Å². The van der Waals surface area contributed by atoms with Crippen molar-refractivity contribution in [2.45, 2.75) is 13.3 Å². The maximum atomic E-state index is 11.9. The summed E-state index contributed by atoms with van der Waals surface area (Å²) in [5, 5.41) is 17.7. The number of hydrogen-bond donors (Lipinski definition) is 2. The largest absolute Gasteiger partial charge is 0.502 e. The van der Waals surface area contributed by atoms with Gasteiger partial charge in [0.25, 0.3) is 0 Å². The van der Waals surface area contributed by atoms with Crippen molar-refractivity contribution in [1.29, 1.82) is 0 Å². The maximum absolute atomic E-state index is 11.9. The van der Waals surface area contributed by atoms with Gasteiger partial charge in [-0.1, -0.05) is 24.3 Å². The van der Waals surface area contributed by atoms with Crippen LogP contribution in [0.2, 0.25) is 0 Å². The summed E-state index contributed by atoms with van der Waals surface area (Å²) in [7, 11) is 0. The van der Waals surface area contributed by atoms with Crippen molar-refractivity contribution in [3.63, 3.8) is 0 Å². The predicted molar refractivity (Wildman–Crippen MR) is 80.6 cm³/mol. The third kappa shape index (κ3) is 3.94. The van der Waals surface area contributed by atoms with Crippen molar-refractivity contribution >= 4 is 17.5 Å². The summed E-state index contributed by atoms with van der Waals surface area (Å²) in [5.41, 5.74) is 2.00. The van der Waals surface area contributed by atoms with Gasteiger partial charge in [0.15, 0.2) is 11.5 Å². The summed E-state index contributed by atoms with van der Waals surface area (Å²) in [6.45, 7) is 1.48. The molecule has 2 rings (SSSR count). The van der Waals surface area contributed by atoms with Crippen molar-refractivity contribution in [3.8, 4) is 0 Å². The molecule has 0 aliphatic carbocycles. The van der Waals surface area contributed by atoms with Gasteiger partial charge in [-0.15, -0.1) is 0 Å². The summed E-state index contributed by atoms with van der Waals surface area (Å²) >= 11 is 0. The van der Waals surface area contributed by atoms with Gasteiger partial charge >= 0.3 is 5.97 Å². The molecule has 0 bridgehead atoms. The molecule has 1 heterocycles. The van der Waals surface area contributed by atoms with E-state index in [-0.39, 0.29) is 11.5 Å². The number of Topliss-reactive ketones (excluding diaryl/α,β-unsaturated/α-hetero) is 1. The molecule has 0 unspecified atom stereocenters. The number of carbonyl (C=O) groups excluding carboxylic acids is 2. The zero-order valence-corrected chi connectivity index (χ0v) is 12.3. The second-order valence-corrected chi connectivity index (χ2v) is 4.90. The van der Waals surface area contributed by atoms with Crippen LogP contribution in [0, 0.1) is 0 Å². The van der Waals surface area contributed by atoms with Crippen molar-refractivity contribution in [2.24, 2.45) is 0 Å². The van der Waals surface area contributed by atoms with E-state index in [1.807, 2.05) is 0 Å². The first-order valence-corrected chi connectivity index (χ1v) is 6.73. The van der Waals surface area contributed by atoms with E-state index in [2.05, 4.69) is 0 Å². The fourth-order valence-corrected chi connectivity index (χ4v) is 2.02. The summed E-state index contributed by atoms with van der Waals surface area (Å²) in [4.78, 5) is 33.7. The quantitative estimate of drug-likeness (QED) is 0.482. The number of benzene rings is 1. The molecule has 0 atom stereocenters. The van der Waals surface area contributed by atoms with E-state index in [0.717, 1.165) is 5.56 Å². The monoisotopic (exact) mass is 314 g/mol. The Hall–Kier alpha value is -3.15. The second-order valence-electron chi connectivity index (χ2n) is 4.90. The van der Waals surface area contributed by atoms with Gasteiger partial charge in [-0.2, -0.15) is 0 Å². The molecule has 0 aliphatic heterocycles. The van der Waals surface area contributed by atoms with Gasteiger partial charge in [0.05, 0.1) is 6.26 Å². The lowest BCUT2D eigenvalue weighted by Gasteiger charge is -2.02. The first kappa shape index (κ1) is 16.2. The second kappa shape index (κ2) is 6.74. The number of allylic oxidation sites excluding steroid dienone is 1. The highest BCUT2D eigenvalue weighted by atomic mass is 16.4. The molecule has 0 saturated heterocycles. The standard InChI is InChI=1S/C17H14O6/c1-10(18)12-4-2-11(3-5-12)8-13-6-7-23-16(13)14(19)9-15(20)17(21)22/h2-7,9,20H,8H2,1H3,(H,21,22). The number of carboxylic acid groups (broad SMARTS) is 1. The molecular weight excluding hydrogens is 300 g/mol. The molecule has 6 nitrogen and oxygen atoms in total. The Bertz CT molecular complexity index is 780.